The number of carbonyl (C=O) groups excluding carboxylic acids is 3. The molecule has 0 fully saturated rings. The minimum Gasteiger partial charge on any atom is -0.494 e. The van der Waals surface area contributed by atoms with Gasteiger partial charge in [-0.25, -0.2) is 4.79 Å². The summed E-state index contributed by atoms with van der Waals surface area (Å²) in [7, 11) is 1.45. The Kier molecular flexibility index (Phi) is 9.63. The first kappa shape index (κ1) is 30.2. The molecule has 4 aromatic rings. The normalized spacial score (nSPS) is 11.1. The Morgan fingerprint density at radius 2 is 1.60 bits per heavy atom. The zero-order valence-electron chi connectivity index (χ0n) is 23.7. The molecule has 0 saturated carbocycles. The molecule has 1 atom stereocenters. The molecular weight excluding hydrogens is 552 g/mol. The largest absolute Gasteiger partial charge is 0.494 e. The molecule has 0 bridgehead atoms. The number of carboxylic acid groups (broad SMARTS) is 1. The molecule has 4 amide bonds. The maximum absolute atomic E-state index is 12.8. The highest BCUT2D eigenvalue weighted by Crippen LogP contribution is 2.34. The van der Waals surface area contributed by atoms with Gasteiger partial charge in [0, 0.05) is 30.6 Å². The first-order valence-corrected chi connectivity index (χ1v) is 13.2. The van der Waals surface area contributed by atoms with Gasteiger partial charge in [0.15, 0.2) is 5.69 Å². The molecule has 0 saturated heterocycles. The molecule has 1 aromatic heterocycles. The topological polar surface area (TPSA) is 163 Å². The van der Waals surface area contributed by atoms with Crippen LogP contribution in [-0.2, 0) is 9.59 Å². The second kappa shape index (κ2) is 13.7. The van der Waals surface area contributed by atoms with Crippen molar-refractivity contribution in [2.75, 3.05) is 22.6 Å². The number of aliphatic carboxylic acids is 1. The third-order valence-electron chi connectivity index (χ3n) is 6.44. The van der Waals surface area contributed by atoms with Gasteiger partial charge in [0.05, 0.1) is 30.9 Å². The molecular formula is C31H30N6O6. The van der Waals surface area contributed by atoms with Crippen molar-refractivity contribution in [3.8, 4) is 5.75 Å². The van der Waals surface area contributed by atoms with Crippen LogP contribution in [0.25, 0.3) is 0 Å². The molecule has 0 unspecified atom stereocenters. The van der Waals surface area contributed by atoms with Crippen molar-refractivity contribution >= 4 is 46.6 Å². The van der Waals surface area contributed by atoms with E-state index in [0.717, 1.165) is 5.56 Å². The lowest BCUT2D eigenvalue weighted by molar-refractivity contribution is -0.137. The lowest BCUT2D eigenvalue weighted by Gasteiger charge is -2.24. The van der Waals surface area contributed by atoms with Crippen LogP contribution in [0.4, 0.5) is 27.5 Å². The lowest BCUT2D eigenvalue weighted by Crippen LogP contribution is -2.31. The van der Waals surface area contributed by atoms with Crippen LogP contribution in [0.15, 0.2) is 85.1 Å². The molecule has 12 heteroatoms. The summed E-state index contributed by atoms with van der Waals surface area (Å²) in [6, 6.07) is 20.6. The van der Waals surface area contributed by atoms with Gasteiger partial charge in [-0.1, -0.05) is 30.3 Å². The average molecular weight is 583 g/mol. The van der Waals surface area contributed by atoms with Crippen molar-refractivity contribution < 1.29 is 29.0 Å². The summed E-state index contributed by atoms with van der Waals surface area (Å²) in [5, 5.41) is 25.1. The number of benzene rings is 3. The minimum atomic E-state index is -1.10. The van der Waals surface area contributed by atoms with Gasteiger partial charge < -0.3 is 25.8 Å². The molecule has 1 heterocycles. The zero-order valence-corrected chi connectivity index (χ0v) is 23.7. The SMILES string of the molecule is COc1cc(N(C(C)=O)c2ccc([C@@H](CC(=O)O)NC(=O)c3cccnn3)cc2)ccc1NC(=O)Nc1ccccc1C. The van der Waals surface area contributed by atoms with Crippen LogP contribution in [0.2, 0.25) is 0 Å². The monoisotopic (exact) mass is 582 g/mol. The van der Waals surface area contributed by atoms with Crippen molar-refractivity contribution in [2.24, 2.45) is 0 Å². The molecule has 0 spiro atoms. The number of urea groups is 1. The molecule has 0 aliphatic heterocycles. The number of nitrogens with one attached hydrogen (secondary N) is 3. The van der Waals surface area contributed by atoms with Crippen LogP contribution < -0.4 is 25.6 Å². The number of aromatic nitrogens is 2. The summed E-state index contributed by atoms with van der Waals surface area (Å²) in [6.45, 7) is 3.28. The summed E-state index contributed by atoms with van der Waals surface area (Å²) in [5.74, 6) is -1.64. The number of hydrogen-bond donors (Lipinski definition) is 4. The first-order chi connectivity index (χ1) is 20.7. The fourth-order valence-corrected chi connectivity index (χ4v) is 4.36. The highest BCUT2D eigenvalue weighted by molar-refractivity contribution is 6.03. The van der Waals surface area contributed by atoms with E-state index in [1.54, 1.807) is 54.6 Å². The van der Waals surface area contributed by atoms with E-state index in [1.165, 1.54) is 31.2 Å². The molecule has 220 valence electrons. The Labute approximate surface area is 247 Å². The van der Waals surface area contributed by atoms with Crippen LogP contribution >= 0.6 is 0 Å². The Morgan fingerprint density at radius 3 is 2.23 bits per heavy atom. The molecule has 12 nitrogen and oxygen atoms in total. The Morgan fingerprint density at radius 1 is 0.907 bits per heavy atom. The van der Waals surface area contributed by atoms with E-state index in [1.807, 2.05) is 25.1 Å². The van der Waals surface area contributed by atoms with Gasteiger partial charge in [0.25, 0.3) is 5.91 Å². The predicted molar refractivity (Wildman–Crippen MR) is 161 cm³/mol. The molecule has 0 radical (unpaired) electrons. The number of carbonyl (C=O) groups is 4. The summed E-state index contributed by atoms with van der Waals surface area (Å²) in [5.41, 5.74) is 3.50. The zero-order chi connectivity index (χ0) is 30.9. The predicted octanol–water partition coefficient (Wildman–Crippen LogP) is 5.07. The standard InChI is InChI=1S/C31H30N6O6/c1-19-7-4-5-8-24(19)34-31(42)35-25-15-14-23(17-28(25)43-3)37(20(2)38)22-12-10-21(11-13-22)27(18-29(39)40)33-30(41)26-9-6-16-32-36-26/h4-17,27H,18H2,1-3H3,(H,33,41)(H,39,40)(H2,34,35,42)/t27-/m1/s1. The van der Waals surface area contributed by atoms with Gasteiger partial charge in [-0.2, -0.15) is 5.10 Å². The Hall–Kier alpha value is -5.78. The maximum atomic E-state index is 12.8. The summed E-state index contributed by atoms with van der Waals surface area (Å²) >= 11 is 0. The smallest absolute Gasteiger partial charge is 0.323 e. The molecule has 4 rings (SSSR count). The number of anilines is 4. The van der Waals surface area contributed by atoms with Crippen LogP contribution in [0.3, 0.4) is 0 Å². The quantitative estimate of drug-likeness (QED) is 0.201. The summed E-state index contributed by atoms with van der Waals surface area (Å²) < 4.78 is 5.50. The van der Waals surface area contributed by atoms with Crippen molar-refractivity contribution in [2.45, 2.75) is 26.3 Å². The van der Waals surface area contributed by atoms with Gasteiger partial charge in [-0.15, -0.1) is 5.10 Å². The van der Waals surface area contributed by atoms with E-state index in [2.05, 4.69) is 26.1 Å². The number of ether oxygens (including phenoxy) is 1. The second-order valence-corrected chi connectivity index (χ2v) is 9.46. The van der Waals surface area contributed by atoms with Gasteiger partial charge in [-0.05, 0) is 60.5 Å². The van der Waals surface area contributed by atoms with E-state index in [9.17, 15) is 24.3 Å². The molecule has 3 aromatic carbocycles. The van der Waals surface area contributed by atoms with Gasteiger partial charge >= 0.3 is 12.0 Å². The number of nitrogens with zero attached hydrogens (tertiary/aromatic N) is 3. The van der Waals surface area contributed by atoms with E-state index in [0.29, 0.717) is 34.1 Å². The van der Waals surface area contributed by atoms with Crippen LogP contribution in [0.5, 0.6) is 5.75 Å². The average Bonchev–Trinajstić information content (AvgIpc) is 2.99. The van der Waals surface area contributed by atoms with Crippen molar-refractivity contribution in [3.05, 3.63) is 102 Å². The van der Waals surface area contributed by atoms with Crippen molar-refractivity contribution in [1.29, 1.82) is 0 Å². The number of methoxy groups -OCH3 is 1. The minimum absolute atomic E-state index is 0.0526. The highest BCUT2D eigenvalue weighted by Gasteiger charge is 2.22. The third-order valence-corrected chi connectivity index (χ3v) is 6.44. The fourth-order valence-electron chi connectivity index (χ4n) is 4.36. The Balaban J connectivity index is 1.54. The van der Waals surface area contributed by atoms with Gasteiger partial charge in [-0.3, -0.25) is 19.3 Å². The van der Waals surface area contributed by atoms with Crippen LogP contribution in [0, 0.1) is 6.92 Å². The van der Waals surface area contributed by atoms with Crippen molar-refractivity contribution in [1.82, 2.24) is 15.5 Å². The van der Waals surface area contributed by atoms with Gasteiger partial charge in [0.1, 0.15) is 5.75 Å². The molecule has 0 aliphatic rings. The first-order valence-electron chi connectivity index (χ1n) is 13.2. The van der Waals surface area contributed by atoms with E-state index in [4.69, 9.17) is 4.74 Å². The highest BCUT2D eigenvalue weighted by atomic mass is 16.5. The fraction of sp³-hybridized carbons (Fsp3) is 0.161. The number of hydrogen-bond acceptors (Lipinski definition) is 7. The van der Waals surface area contributed by atoms with Crippen LogP contribution in [0.1, 0.15) is 41.0 Å². The Bertz CT molecular complexity index is 1630. The maximum Gasteiger partial charge on any atom is 0.323 e. The molecule has 0 aliphatic carbocycles. The molecule has 43 heavy (non-hydrogen) atoms. The van der Waals surface area contributed by atoms with Gasteiger partial charge in [0.2, 0.25) is 5.91 Å². The summed E-state index contributed by atoms with van der Waals surface area (Å²) in [4.78, 5) is 51.0. The second-order valence-electron chi connectivity index (χ2n) is 9.46. The van der Waals surface area contributed by atoms with Crippen LogP contribution in [-0.4, -0.2) is 46.2 Å². The van der Waals surface area contributed by atoms with E-state index < -0.39 is 23.9 Å². The number of rotatable bonds is 10. The summed E-state index contributed by atoms with van der Waals surface area (Å²) in [6.07, 6.45) is 1.05. The third kappa shape index (κ3) is 7.70. The molecule has 4 N–H and O–H groups in total. The van der Waals surface area contributed by atoms with E-state index in [-0.39, 0.29) is 18.0 Å². The number of amides is 4. The number of para-hydroxylation sites is 1. The van der Waals surface area contributed by atoms with E-state index >= 15 is 0 Å². The van der Waals surface area contributed by atoms with Crippen molar-refractivity contribution in [3.63, 3.8) is 0 Å². The number of aryl methyl sites for hydroxylation is 1. The number of carboxylic acids is 1. The lowest BCUT2D eigenvalue weighted by atomic mass is 10.0.